The lowest BCUT2D eigenvalue weighted by molar-refractivity contribution is 0.199. The first-order valence-corrected chi connectivity index (χ1v) is 7.89. The summed E-state index contributed by atoms with van der Waals surface area (Å²) < 4.78 is 7.17. The van der Waals surface area contributed by atoms with Crippen molar-refractivity contribution in [2.24, 2.45) is 0 Å². The number of aromatic amines is 1. The molecule has 0 atom stereocenters. The summed E-state index contributed by atoms with van der Waals surface area (Å²) in [5, 5.41) is 7.25. The molecule has 0 fully saturated rings. The van der Waals surface area contributed by atoms with Gasteiger partial charge in [0.25, 0.3) is 0 Å². The number of nitrogens with zero attached hydrogens (tertiary/aromatic N) is 3. The molecule has 0 aliphatic heterocycles. The van der Waals surface area contributed by atoms with Crippen molar-refractivity contribution < 1.29 is 4.74 Å². The van der Waals surface area contributed by atoms with Crippen molar-refractivity contribution in [1.29, 1.82) is 0 Å². The molecule has 3 heterocycles. The van der Waals surface area contributed by atoms with Gasteiger partial charge in [-0.05, 0) is 11.8 Å². The number of hydrogen-bond donors (Lipinski definition) is 2. The van der Waals surface area contributed by atoms with E-state index < -0.39 is 0 Å². The van der Waals surface area contributed by atoms with Crippen LogP contribution in [0, 0.1) is 0 Å². The normalized spacial score (nSPS) is 11.4. The summed E-state index contributed by atoms with van der Waals surface area (Å²) in [5.74, 6) is 0. The zero-order valence-corrected chi connectivity index (χ0v) is 12.6. The van der Waals surface area contributed by atoms with Gasteiger partial charge >= 0.3 is 0 Å². The molecule has 0 saturated carbocycles. The Morgan fingerprint density at radius 3 is 3.30 bits per heavy atom. The average molecular weight is 309 g/mol. The minimum atomic E-state index is 0.701. The SMILES string of the molecule is COCCNCc1c(Sc2ncc[nH]2)nc2sccn12. The Balaban J connectivity index is 1.80. The van der Waals surface area contributed by atoms with Crippen molar-refractivity contribution >= 4 is 28.1 Å². The number of ether oxygens (including phenoxy) is 1. The van der Waals surface area contributed by atoms with Crippen LogP contribution in [0.15, 0.2) is 34.2 Å². The van der Waals surface area contributed by atoms with Crippen LogP contribution in [0.5, 0.6) is 0 Å². The predicted octanol–water partition coefficient (Wildman–Crippen LogP) is 2.01. The summed E-state index contributed by atoms with van der Waals surface area (Å²) in [6, 6.07) is 0. The molecule has 0 aliphatic rings. The zero-order chi connectivity index (χ0) is 13.8. The van der Waals surface area contributed by atoms with Crippen LogP contribution in [0.3, 0.4) is 0 Å². The van der Waals surface area contributed by atoms with E-state index in [9.17, 15) is 0 Å². The van der Waals surface area contributed by atoms with Crippen molar-refractivity contribution in [2.45, 2.75) is 16.7 Å². The fourth-order valence-electron chi connectivity index (χ4n) is 1.83. The maximum absolute atomic E-state index is 5.05. The molecule has 3 aromatic heterocycles. The van der Waals surface area contributed by atoms with E-state index in [2.05, 4.69) is 24.7 Å². The van der Waals surface area contributed by atoms with Crippen LogP contribution in [0.2, 0.25) is 0 Å². The molecule has 8 heteroatoms. The molecule has 0 saturated heterocycles. The van der Waals surface area contributed by atoms with Gasteiger partial charge in [-0.3, -0.25) is 4.40 Å². The van der Waals surface area contributed by atoms with Gasteiger partial charge in [0, 0.05) is 44.2 Å². The molecular weight excluding hydrogens is 294 g/mol. The standard InChI is InChI=1S/C12H15N5OS2/c1-18-6-4-13-8-9-10(20-11-14-2-3-15-11)16-12-17(9)5-7-19-12/h2-3,5,7,13H,4,6,8H2,1H3,(H,14,15). The van der Waals surface area contributed by atoms with Crippen LogP contribution in [0.25, 0.3) is 4.96 Å². The van der Waals surface area contributed by atoms with Crippen molar-refractivity contribution in [3.63, 3.8) is 0 Å². The number of methoxy groups -OCH3 is 1. The van der Waals surface area contributed by atoms with Crippen LogP contribution in [0.1, 0.15) is 5.69 Å². The van der Waals surface area contributed by atoms with Gasteiger partial charge in [0.05, 0.1) is 12.3 Å². The van der Waals surface area contributed by atoms with Gasteiger partial charge in [0.15, 0.2) is 10.1 Å². The Hall–Kier alpha value is -1.35. The quantitative estimate of drug-likeness (QED) is 0.654. The number of nitrogens with one attached hydrogen (secondary N) is 2. The Morgan fingerprint density at radius 2 is 2.50 bits per heavy atom. The minimum absolute atomic E-state index is 0.701. The topological polar surface area (TPSA) is 67.2 Å². The van der Waals surface area contributed by atoms with Gasteiger partial charge in [0.2, 0.25) is 0 Å². The largest absolute Gasteiger partial charge is 0.383 e. The summed E-state index contributed by atoms with van der Waals surface area (Å²) >= 11 is 3.19. The molecule has 6 nitrogen and oxygen atoms in total. The van der Waals surface area contributed by atoms with E-state index in [4.69, 9.17) is 4.74 Å². The maximum atomic E-state index is 5.05. The molecule has 0 bridgehead atoms. The molecule has 3 aromatic rings. The minimum Gasteiger partial charge on any atom is -0.383 e. The van der Waals surface area contributed by atoms with Gasteiger partial charge in [-0.2, -0.15) is 0 Å². The van der Waals surface area contributed by atoms with E-state index in [-0.39, 0.29) is 0 Å². The highest BCUT2D eigenvalue weighted by Crippen LogP contribution is 2.29. The Kier molecular flexibility index (Phi) is 4.36. The molecule has 0 aliphatic carbocycles. The molecular formula is C12H15N5OS2. The lowest BCUT2D eigenvalue weighted by Crippen LogP contribution is -2.19. The molecule has 0 aromatic carbocycles. The predicted molar refractivity (Wildman–Crippen MR) is 79.4 cm³/mol. The highest BCUT2D eigenvalue weighted by Gasteiger charge is 2.14. The second-order valence-corrected chi connectivity index (χ2v) is 5.94. The Labute approximate surface area is 124 Å². The lowest BCUT2D eigenvalue weighted by Gasteiger charge is -2.05. The van der Waals surface area contributed by atoms with Crippen LogP contribution < -0.4 is 5.32 Å². The van der Waals surface area contributed by atoms with E-state index in [0.717, 1.165) is 33.9 Å². The number of imidazole rings is 2. The van der Waals surface area contributed by atoms with Gasteiger partial charge in [-0.1, -0.05) is 0 Å². The molecule has 106 valence electrons. The number of H-pyrrole nitrogens is 1. The molecule has 0 radical (unpaired) electrons. The van der Waals surface area contributed by atoms with Crippen molar-refractivity contribution in [2.75, 3.05) is 20.3 Å². The average Bonchev–Trinajstić information content (AvgIpc) is 3.14. The third-order valence-corrected chi connectivity index (χ3v) is 4.46. The monoisotopic (exact) mass is 309 g/mol. The first kappa shape index (κ1) is 13.6. The zero-order valence-electron chi connectivity index (χ0n) is 11.0. The molecule has 0 unspecified atom stereocenters. The first-order chi connectivity index (χ1) is 9.88. The fraction of sp³-hybridized carbons (Fsp3) is 0.333. The summed E-state index contributed by atoms with van der Waals surface area (Å²) in [5.41, 5.74) is 1.15. The van der Waals surface area contributed by atoms with E-state index in [1.165, 1.54) is 0 Å². The van der Waals surface area contributed by atoms with E-state index in [0.29, 0.717) is 6.61 Å². The Bertz CT molecular complexity index is 661. The van der Waals surface area contributed by atoms with Gasteiger partial charge in [0.1, 0.15) is 5.03 Å². The number of hydrogen-bond acceptors (Lipinski definition) is 6. The lowest BCUT2D eigenvalue weighted by atomic mass is 10.4. The number of rotatable bonds is 7. The summed E-state index contributed by atoms with van der Waals surface area (Å²) in [4.78, 5) is 13.0. The molecule has 0 amide bonds. The summed E-state index contributed by atoms with van der Waals surface area (Å²) in [7, 11) is 1.70. The van der Waals surface area contributed by atoms with E-state index in [1.54, 1.807) is 36.4 Å². The molecule has 2 N–H and O–H groups in total. The van der Waals surface area contributed by atoms with Crippen LogP contribution >= 0.6 is 23.1 Å². The second-order valence-electron chi connectivity index (χ2n) is 4.09. The van der Waals surface area contributed by atoms with Crippen LogP contribution in [0.4, 0.5) is 0 Å². The Morgan fingerprint density at radius 1 is 1.55 bits per heavy atom. The van der Waals surface area contributed by atoms with Crippen molar-refractivity contribution in [1.82, 2.24) is 24.7 Å². The maximum Gasteiger partial charge on any atom is 0.194 e. The first-order valence-electron chi connectivity index (χ1n) is 6.20. The smallest absolute Gasteiger partial charge is 0.194 e. The summed E-state index contributed by atoms with van der Waals surface area (Å²) in [6.07, 6.45) is 5.61. The fourth-order valence-corrected chi connectivity index (χ4v) is 3.47. The molecule has 0 spiro atoms. The highest BCUT2D eigenvalue weighted by molar-refractivity contribution is 7.99. The number of fused-ring (bicyclic) bond motifs is 1. The van der Waals surface area contributed by atoms with Crippen molar-refractivity contribution in [3.8, 4) is 0 Å². The third-order valence-electron chi connectivity index (χ3n) is 2.77. The van der Waals surface area contributed by atoms with Gasteiger partial charge in [-0.15, -0.1) is 11.3 Å². The van der Waals surface area contributed by atoms with Gasteiger partial charge in [-0.25, -0.2) is 9.97 Å². The van der Waals surface area contributed by atoms with Crippen LogP contribution in [-0.4, -0.2) is 39.6 Å². The van der Waals surface area contributed by atoms with Crippen LogP contribution in [-0.2, 0) is 11.3 Å². The molecule has 20 heavy (non-hydrogen) atoms. The van der Waals surface area contributed by atoms with E-state index >= 15 is 0 Å². The summed E-state index contributed by atoms with van der Waals surface area (Å²) in [6.45, 7) is 2.27. The highest BCUT2D eigenvalue weighted by atomic mass is 32.2. The number of thiazole rings is 1. The number of aromatic nitrogens is 4. The van der Waals surface area contributed by atoms with Gasteiger partial charge < -0.3 is 15.0 Å². The van der Waals surface area contributed by atoms with Crippen molar-refractivity contribution in [3.05, 3.63) is 29.7 Å². The third kappa shape index (κ3) is 2.88. The van der Waals surface area contributed by atoms with E-state index in [1.807, 2.05) is 17.8 Å². The second kappa shape index (κ2) is 6.40. The molecule has 3 rings (SSSR count).